The summed E-state index contributed by atoms with van der Waals surface area (Å²) < 4.78 is 0. The van der Waals surface area contributed by atoms with Crippen LogP contribution in [0.3, 0.4) is 0 Å². The van der Waals surface area contributed by atoms with E-state index in [2.05, 4.69) is 27.7 Å². The van der Waals surface area contributed by atoms with Crippen LogP contribution < -0.4 is 0 Å². The predicted molar refractivity (Wildman–Crippen MR) is 74.1 cm³/mol. The number of hydrogen-bond donors (Lipinski definition) is 0. The molecule has 0 amide bonds. The fourth-order valence-corrected chi connectivity index (χ4v) is 3.53. The van der Waals surface area contributed by atoms with Gasteiger partial charge < -0.3 is 0 Å². The monoisotopic (exact) mass is 244 g/mol. The third-order valence-corrected chi connectivity index (χ3v) is 5.44. The van der Waals surface area contributed by atoms with Gasteiger partial charge in [-0.2, -0.15) is 0 Å². The highest BCUT2D eigenvalue weighted by atomic mass is 35.5. The van der Waals surface area contributed by atoms with Crippen molar-refractivity contribution in [3.8, 4) is 0 Å². The van der Waals surface area contributed by atoms with Crippen molar-refractivity contribution in [2.75, 3.05) is 0 Å². The van der Waals surface area contributed by atoms with Gasteiger partial charge in [-0.15, -0.1) is 11.6 Å². The summed E-state index contributed by atoms with van der Waals surface area (Å²) in [5, 5.41) is 0.440. The minimum absolute atomic E-state index is 0.440. The summed E-state index contributed by atoms with van der Waals surface area (Å²) in [7, 11) is 0. The molecule has 1 saturated carbocycles. The summed E-state index contributed by atoms with van der Waals surface area (Å²) in [6.45, 7) is 9.43. The fraction of sp³-hybridized carbons (Fsp3) is 1.00. The molecule has 0 aromatic rings. The first-order chi connectivity index (χ1) is 7.51. The Morgan fingerprint density at radius 3 is 2.12 bits per heavy atom. The molecule has 0 aromatic carbocycles. The van der Waals surface area contributed by atoms with Crippen molar-refractivity contribution in [3.63, 3.8) is 0 Å². The summed E-state index contributed by atoms with van der Waals surface area (Å²) in [5.41, 5.74) is 0.539. The highest BCUT2D eigenvalue weighted by molar-refractivity contribution is 6.20. The maximum Gasteiger partial charge on any atom is 0.0364 e. The summed E-state index contributed by atoms with van der Waals surface area (Å²) in [5.74, 6) is 1.73. The smallest absolute Gasteiger partial charge is 0.0364 e. The summed E-state index contributed by atoms with van der Waals surface area (Å²) in [6, 6.07) is 0. The van der Waals surface area contributed by atoms with Crippen molar-refractivity contribution >= 4 is 11.6 Å². The van der Waals surface area contributed by atoms with E-state index in [1.165, 1.54) is 44.9 Å². The molecule has 0 aromatic heterocycles. The first-order valence-electron chi connectivity index (χ1n) is 7.15. The Kier molecular flexibility index (Phi) is 5.64. The van der Waals surface area contributed by atoms with E-state index in [0.717, 1.165) is 11.8 Å². The van der Waals surface area contributed by atoms with Crippen LogP contribution in [0.2, 0.25) is 0 Å². The van der Waals surface area contributed by atoms with Gasteiger partial charge in [-0.25, -0.2) is 0 Å². The van der Waals surface area contributed by atoms with Crippen molar-refractivity contribution < 1.29 is 0 Å². The number of hydrogen-bond acceptors (Lipinski definition) is 0. The Labute approximate surface area is 107 Å². The third kappa shape index (κ3) is 3.65. The molecule has 1 aliphatic carbocycles. The Hall–Kier alpha value is 0.290. The zero-order valence-corrected chi connectivity index (χ0v) is 12.3. The van der Waals surface area contributed by atoms with Crippen LogP contribution in [-0.2, 0) is 0 Å². The molecule has 1 atom stereocenters. The van der Waals surface area contributed by atoms with E-state index in [9.17, 15) is 0 Å². The van der Waals surface area contributed by atoms with Crippen LogP contribution >= 0.6 is 11.6 Å². The van der Waals surface area contributed by atoms with Crippen LogP contribution in [0.15, 0.2) is 0 Å². The zero-order valence-electron chi connectivity index (χ0n) is 11.6. The molecule has 0 radical (unpaired) electrons. The molecule has 0 saturated heterocycles. The fourth-order valence-electron chi connectivity index (χ4n) is 3.06. The second-order valence-electron chi connectivity index (χ2n) is 6.26. The second kappa shape index (κ2) is 6.28. The van der Waals surface area contributed by atoms with Gasteiger partial charge in [-0.05, 0) is 49.4 Å². The van der Waals surface area contributed by atoms with Gasteiger partial charge in [0, 0.05) is 5.38 Å². The maximum atomic E-state index is 6.46. The average Bonchev–Trinajstić information content (AvgIpc) is 2.29. The Balaban J connectivity index is 2.39. The number of halogens is 1. The molecule has 0 spiro atoms. The Morgan fingerprint density at radius 2 is 1.69 bits per heavy atom. The van der Waals surface area contributed by atoms with Gasteiger partial charge in [-0.3, -0.25) is 0 Å². The lowest BCUT2D eigenvalue weighted by Gasteiger charge is -2.40. The molecule has 1 fully saturated rings. The van der Waals surface area contributed by atoms with E-state index >= 15 is 0 Å². The molecule has 1 heteroatoms. The molecule has 96 valence electrons. The van der Waals surface area contributed by atoms with E-state index in [0.29, 0.717) is 10.8 Å². The minimum Gasteiger partial charge on any atom is -0.123 e. The van der Waals surface area contributed by atoms with Crippen molar-refractivity contribution in [1.82, 2.24) is 0 Å². The quantitative estimate of drug-likeness (QED) is 0.550. The van der Waals surface area contributed by atoms with Gasteiger partial charge in [0.2, 0.25) is 0 Å². The lowest BCUT2D eigenvalue weighted by molar-refractivity contribution is 0.126. The van der Waals surface area contributed by atoms with E-state index in [-0.39, 0.29) is 0 Å². The van der Waals surface area contributed by atoms with Crippen LogP contribution in [0.25, 0.3) is 0 Å². The van der Waals surface area contributed by atoms with Gasteiger partial charge in [0.1, 0.15) is 0 Å². The normalized spacial score (nSPS) is 29.1. The van der Waals surface area contributed by atoms with Crippen LogP contribution in [-0.4, -0.2) is 5.38 Å². The van der Waals surface area contributed by atoms with Gasteiger partial charge in [0.25, 0.3) is 0 Å². The largest absolute Gasteiger partial charge is 0.123 e. The zero-order chi connectivity index (χ0) is 12.2. The predicted octanol–water partition coefficient (Wildman–Crippen LogP) is 5.64. The molecule has 0 nitrogen and oxygen atoms in total. The minimum atomic E-state index is 0.440. The first-order valence-corrected chi connectivity index (χ1v) is 7.59. The molecule has 0 N–H and O–H groups in total. The molecule has 1 aliphatic rings. The van der Waals surface area contributed by atoms with Gasteiger partial charge in [-0.1, -0.05) is 40.5 Å². The molecule has 1 unspecified atom stereocenters. The molecule has 1 rings (SSSR count). The molecule has 0 bridgehead atoms. The van der Waals surface area contributed by atoms with Crippen LogP contribution in [0.4, 0.5) is 0 Å². The summed E-state index contributed by atoms with van der Waals surface area (Å²) in [6.07, 6.45) is 9.27. The Bertz CT molecular complexity index is 190. The van der Waals surface area contributed by atoms with Gasteiger partial charge in [0.05, 0.1) is 0 Å². The van der Waals surface area contributed by atoms with Crippen molar-refractivity contribution in [1.29, 1.82) is 0 Å². The summed E-state index contributed by atoms with van der Waals surface area (Å²) in [4.78, 5) is 0. The van der Waals surface area contributed by atoms with E-state index in [4.69, 9.17) is 11.6 Å². The lowest BCUT2D eigenvalue weighted by Crippen LogP contribution is -2.30. The van der Waals surface area contributed by atoms with Crippen molar-refractivity contribution in [3.05, 3.63) is 0 Å². The van der Waals surface area contributed by atoms with Gasteiger partial charge in [0.15, 0.2) is 0 Å². The maximum absolute atomic E-state index is 6.46. The number of alkyl halides is 1. The summed E-state index contributed by atoms with van der Waals surface area (Å²) >= 11 is 6.46. The third-order valence-electron chi connectivity index (χ3n) is 4.86. The number of rotatable bonds is 5. The van der Waals surface area contributed by atoms with Crippen LogP contribution in [0.1, 0.15) is 72.6 Å². The van der Waals surface area contributed by atoms with Crippen molar-refractivity contribution in [2.24, 2.45) is 17.3 Å². The average molecular weight is 245 g/mol. The van der Waals surface area contributed by atoms with E-state index in [1.54, 1.807) is 0 Å². The van der Waals surface area contributed by atoms with Crippen molar-refractivity contribution in [2.45, 2.75) is 78.0 Å². The first kappa shape index (κ1) is 14.4. The van der Waals surface area contributed by atoms with Crippen LogP contribution in [0, 0.1) is 17.3 Å². The molecule has 0 aliphatic heterocycles. The standard InChI is InChI=1S/C15H29Cl/c1-5-7-14(16)12-8-10-13(11-9-12)15(3,4)6-2/h12-14H,5-11H2,1-4H3. The van der Waals surface area contributed by atoms with Crippen LogP contribution in [0.5, 0.6) is 0 Å². The van der Waals surface area contributed by atoms with E-state index < -0.39 is 0 Å². The molecular weight excluding hydrogens is 216 g/mol. The van der Waals surface area contributed by atoms with Gasteiger partial charge >= 0.3 is 0 Å². The topological polar surface area (TPSA) is 0 Å². The lowest BCUT2D eigenvalue weighted by atomic mass is 9.67. The molecule has 16 heavy (non-hydrogen) atoms. The SMILES string of the molecule is CCCC(Cl)C1CCC(C(C)(C)CC)CC1. The highest BCUT2D eigenvalue weighted by Gasteiger charge is 2.33. The second-order valence-corrected chi connectivity index (χ2v) is 6.82. The van der Waals surface area contributed by atoms with E-state index in [1.807, 2.05) is 0 Å². The Morgan fingerprint density at radius 1 is 1.12 bits per heavy atom. The highest BCUT2D eigenvalue weighted by Crippen LogP contribution is 2.43. The molecule has 0 heterocycles. The molecular formula is C15H29Cl.